The van der Waals surface area contributed by atoms with Crippen LogP contribution in [0.2, 0.25) is 0 Å². The molecule has 19 heavy (non-hydrogen) atoms. The Morgan fingerprint density at radius 1 is 1.26 bits per heavy atom. The molecule has 1 aliphatic heterocycles. The van der Waals surface area contributed by atoms with E-state index < -0.39 is 5.97 Å². The quantitative estimate of drug-likeness (QED) is 0.906. The summed E-state index contributed by atoms with van der Waals surface area (Å²) in [6, 6.07) is 5.79. The number of aryl methyl sites for hydroxylation is 2. The fraction of sp³-hybridized carbons (Fsp3) is 0.467. The molecule has 1 heterocycles. The first-order chi connectivity index (χ1) is 8.91. The van der Waals surface area contributed by atoms with Gasteiger partial charge in [0.05, 0.1) is 5.92 Å². The summed E-state index contributed by atoms with van der Waals surface area (Å²) in [6.07, 6.45) is 0. The van der Waals surface area contributed by atoms with Crippen LogP contribution in [-0.2, 0) is 4.79 Å². The average Bonchev–Trinajstić information content (AvgIpc) is 2.26. The van der Waals surface area contributed by atoms with Gasteiger partial charge in [-0.05, 0) is 25.0 Å². The number of hydrogen-bond acceptors (Lipinski definition) is 2. The van der Waals surface area contributed by atoms with Crippen molar-refractivity contribution in [2.24, 2.45) is 11.8 Å². The first kappa shape index (κ1) is 13.6. The van der Waals surface area contributed by atoms with Gasteiger partial charge in [-0.2, -0.15) is 0 Å². The lowest BCUT2D eigenvalue weighted by atomic mass is 9.86. The third-order valence-electron chi connectivity index (χ3n) is 3.99. The summed E-state index contributed by atoms with van der Waals surface area (Å²) in [6.45, 7) is 6.64. The smallest absolute Gasteiger partial charge is 0.306 e. The Bertz CT molecular complexity index is 498. The van der Waals surface area contributed by atoms with Crippen molar-refractivity contribution in [3.8, 4) is 0 Å². The van der Waals surface area contributed by atoms with Gasteiger partial charge in [-0.15, -0.1) is 0 Å². The van der Waals surface area contributed by atoms with Crippen LogP contribution in [0.15, 0.2) is 18.2 Å². The maximum atomic E-state index is 12.4. The van der Waals surface area contributed by atoms with Crippen molar-refractivity contribution in [2.45, 2.75) is 20.8 Å². The Morgan fingerprint density at radius 2 is 1.79 bits per heavy atom. The number of carboxylic acids is 1. The number of aliphatic carboxylic acids is 1. The number of nitrogens with zero attached hydrogens (tertiary/aromatic N) is 1. The topological polar surface area (TPSA) is 57.6 Å². The molecule has 1 aliphatic rings. The van der Waals surface area contributed by atoms with Crippen molar-refractivity contribution >= 4 is 11.9 Å². The van der Waals surface area contributed by atoms with E-state index in [4.69, 9.17) is 5.11 Å². The zero-order chi connectivity index (χ0) is 14.2. The minimum atomic E-state index is -0.788. The summed E-state index contributed by atoms with van der Waals surface area (Å²) < 4.78 is 0. The molecule has 1 amide bonds. The summed E-state index contributed by atoms with van der Waals surface area (Å²) >= 11 is 0. The lowest BCUT2D eigenvalue weighted by Crippen LogP contribution is -2.53. The molecule has 1 unspecified atom stereocenters. The van der Waals surface area contributed by atoms with Gasteiger partial charge >= 0.3 is 5.97 Å². The Kier molecular flexibility index (Phi) is 3.60. The highest BCUT2D eigenvalue weighted by Gasteiger charge is 2.37. The number of carbonyl (C=O) groups excluding carboxylic acids is 1. The predicted molar refractivity (Wildman–Crippen MR) is 72.1 cm³/mol. The molecule has 0 aliphatic carbocycles. The lowest BCUT2D eigenvalue weighted by Gasteiger charge is -2.41. The van der Waals surface area contributed by atoms with Gasteiger partial charge in [0.2, 0.25) is 0 Å². The number of likely N-dealkylation sites (tertiary alicyclic amines) is 1. The molecule has 1 aromatic rings. The second-order valence-electron chi connectivity index (χ2n) is 5.36. The Labute approximate surface area is 113 Å². The molecule has 0 aromatic heterocycles. The largest absolute Gasteiger partial charge is 0.481 e. The molecule has 1 fully saturated rings. The van der Waals surface area contributed by atoms with Gasteiger partial charge in [0, 0.05) is 24.6 Å². The van der Waals surface area contributed by atoms with Crippen LogP contribution in [0.3, 0.4) is 0 Å². The van der Waals surface area contributed by atoms with Crippen LogP contribution in [-0.4, -0.2) is 35.0 Å². The molecule has 0 spiro atoms. The highest BCUT2D eigenvalue weighted by Crippen LogP contribution is 2.27. The third-order valence-corrected chi connectivity index (χ3v) is 3.99. The van der Waals surface area contributed by atoms with Crippen molar-refractivity contribution in [2.75, 3.05) is 13.1 Å². The Morgan fingerprint density at radius 3 is 2.26 bits per heavy atom. The van der Waals surface area contributed by atoms with Crippen LogP contribution in [0, 0.1) is 25.7 Å². The SMILES string of the molecule is Cc1cccc(C)c1C(=O)N1CC(C(C)C(=O)O)C1. The van der Waals surface area contributed by atoms with Gasteiger partial charge in [-0.1, -0.05) is 25.1 Å². The highest BCUT2D eigenvalue weighted by molar-refractivity contribution is 5.97. The second kappa shape index (κ2) is 5.03. The van der Waals surface area contributed by atoms with Crippen molar-refractivity contribution in [3.63, 3.8) is 0 Å². The summed E-state index contributed by atoms with van der Waals surface area (Å²) in [7, 11) is 0. The number of amides is 1. The van der Waals surface area contributed by atoms with Crippen molar-refractivity contribution < 1.29 is 14.7 Å². The van der Waals surface area contributed by atoms with Crippen LogP contribution >= 0.6 is 0 Å². The molecule has 4 nitrogen and oxygen atoms in total. The zero-order valence-corrected chi connectivity index (χ0v) is 11.5. The molecule has 1 N–H and O–H groups in total. The van der Waals surface area contributed by atoms with Gasteiger partial charge in [-0.3, -0.25) is 9.59 Å². The number of carboxylic acid groups (broad SMARTS) is 1. The first-order valence-electron chi connectivity index (χ1n) is 6.50. The monoisotopic (exact) mass is 261 g/mol. The van der Waals surface area contributed by atoms with Gasteiger partial charge in [-0.25, -0.2) is 0 Å². The number of rotatable bonds is 3. The maximum Gasteiger partial charge on any atom is 0.306 e. The maximum absolute atomic E-state index is 12.4. The normalized spacial score (nSPS) is 16.9. The van der Waals surface area contributed by atoms with Crippen LogP contribution in [0.25, 0.3) is 0 Å². The predicted octanol–water partition coefficient (Wildman–Crippen LogP) is 2.10. The molecule has 1 aromatic carbocycles. The van der Waals surface area contributed by atoms with E-state index in [1.54, 1.807) is 11.8 Å². The minimum Gasteiger partial charge on any atom is -0.481 e. The van der Waals surface area contributed by atoms with E-state index in [1.165, 1.54) is 0 Å². The lowest BCUT2D eigenvalue weighted by molar-refractivity contribution is -0.144. The van der Waals surface area contributed by atoms with E-state index in [0.717, 1.165) is 16.7 Å². The minimum absolute atomic E-state index is 0.0180. The molecule has 4 heteroatoms. The fourth-order valence-electron chi connectivity index (χ4n) is 2.51. The van der Waals surface area contributed by atoms with Crippen LogP contribution in [0.5, 0.6) is 0 Å². The van der Waals surface area contributed by atoms with Crippen LogP contribution < -0.4 is 0 Å². The number of carbonyl (C=O) groups is 2. The molecular weight excluding hydrogens is 242 g/mol. The Hall–Kier alpha value is -1.84. The van der Waals surface area contributed by atoms with Crippen molar-refractivity contribution in [3.05, 3.63) is 34.9 Å². The third kappa shape index (κ3) is 2.48. The van der Waals surface area contributed by atoms with Crippen molar-refractivity contribution in [1.29, 1.82) is 0 Å². The first-order valence-corrected chi connectivity index (χ1v) is 6.50. The molecule has 0 radical (unpaired) electrons. The molecule has 102 valence electrons. The fourth-order valence-corrected chi connectivity index (χ4v) is 2.51. The standard InChI is InChI=1S/C15H19NO3/c1-9-5-4-6-10(2)13(9)14(17)16-7-12(8-16)11(3)15(18)19/h4-6,11-12H,7-8H2,1-3H3,(H,18,19). The average molecular weight is 261 g/mol. The molecule has 2 rings (SSSR count). The van der Waals surface area contributed by atoms with Gasteiger partial charge in [0.1, 0.15) is 0 Å². The van der Waals surface area contributed by atoms with Crippen LogP contribution in [0.1, 0.15) is 28.4 Å². The second-order valence-corrected chi connectivity index (χ2v) is 5.36. The van der Waals surface area contributed by atoms with Gasteiger partial charge < -0.3 is 10.0 Å². The van der Waals surface area contributed by atoms with E-state index in [9.17, 15) is 9.59 Å². The van der Waals surface area contributed by atoms with E-state index in [1.807, 2.05) is 32.0 Å². The Balaban J connectivity index is 2.06. The molecule has 1 atom stereocenters. The van der Waals surface area contributed by atoms with Gasteiger partial charge in [0.25, 0.3) is 5.91 Å². The van der Waals surface area contributed by atoms with E-state index in [-0.39, 0.29) is 17.7 Å². The van der Waals surface area contributed by atoms with Gasteiger partial charge in [0.15, 0.2) is 0 Å². The molecule has 0 bridgehead atoms. The van der Waals surface area contributed by atoms with Crippen LogP contribution in [0.4, 0.5) is 0 Å². The number of benzene rings is 1. The summed E-state index contributed by atoms with van der Waals surface area (Å²) in [4.78, 5) is 25.0. The van der Waals surface area contributed by atoms with E-state index >= 15 is 0 Å². The molecular formula is C15H19NO3. The summed E-state index contributed by atoms with van der Waals surface area (Å²) in [5, 5.41) is 8.94. The highest BCUT2D eigenvalue weighted by atomic mass is 16.4. The van der Waals surface area contributed by atoms with Crippen molar-refractivity contribution in [1.82, 2.24) is 4.90 Å². The molecule has 0 saturated carbocycles. The molecule has 1 saturated heterocycles. The number of hydrogen-bond donors (Lipinski definition) is 1. The van der Waals surface area contributed by atoms with E-state index in [0.29, 0.717) is 13.1 Å². The van der Waals surface area contributed by atoms with E-state index in [2.05, 4.69) is 0 Å². The summed E-state index contributed by atoms with van der Waals surface area (Å²) in [5.41, 5.74) is 2.70. The zero-order valence-electron chi connectivity index (χ0n) is 11.5. The summed E-state index contributed by atoms with van der Waals surface area (Å²) in [5.74, 6) is -1.08.